The van der Waals surface area contributed by atoms with Gasteiger partial charge in [-0.1, -0.05) is 0 Å². The minimum Gasteiger partial charge on any atom is -0.469 e. The van der Waals surface area contributed by atoms with Gasteiger partial charge in [-0.3, -0.25) is 9.59 Å². The molecule has 1 aromatic rings. The van der Waals surface area contributed by atoms with Crippen molar-refractivity contribution < 1.29 is 19.1 Å². The van der Waals surface area contributed by atoms with Gasteiger partial charge in [0.2, 0.25) is 11.9 Å². The number of nitrogens with two attached hydrogens (primary N) is 1. The van der Waals surface area contributed by atoms with E-state index in [9.17, 15) is 9.59 Å². The average Bonchev–Trinajstić information content (AvgIpc) is 2.87. The van der Waals surface area contributed by atoms with Crippen LogP contribution in [0.3, 0.4) is 0 Å². The molecular weight excluding hydrogens is 266 g/mol. The number of rotatable bonds is 4. The Bertz CT molecular complexity index is 495. The maximum atomic E-state index is 11.9. The molecule has 0 spiro atoms. The number of hydrogen-bond acceptors (Lipinski definition) is 8. The van der Waals surface area contributed by atoms with Crippen LogP contribution in [0.4, 0.5) is 11.9 Å². The van der Waals surface area contributed by atoms with E-state index in [1.54, 1.807) is 0 Å². The number of carbonyl (C=O) groups is 2. The summed E-state index contributed by atoms with van der Waals surface area (Å²) in [6.45, 7) is 2.48. The van der Waals surface area contributed by atoms with E-state index in [-0.39, 0.29) is 24.7 Å². The number of ether oxygens (including phenoxy) is 2. The van der Waals surface area contributed by atoms with Gasteiger partial charge in [0.25, 0.3) is 5.91 Å². The third kappa shape index (κ3) is 3.23. The summed E-state index contributed by atoms with van der Waals surface area (Å²) in [4.78, 5) is 28.9. The summed E-state index contributed by atoms with van der Waals surface area (Å²) in [5.74, 6) is -0.427. The zero-order valence-corrected chi connectivity index (χ0v) is 11.2. The van der Waals surface area contributed by atoms with Crippen molar-refractivity contribution in [3.8, 4) is 0 Å². The van der Waals surface area contributed by atoms with Gasteiger partial charge in [-0.2, -0.15) is 9.67 Å². The molecular formula is C11H17N5O4. The fourth-order valence-electron chi connectivity index (χ4n) is 1.81. The van der Waals surface area contributed by atoms with Gasteiger partial charge in [-0.15, -0.1) is 5.10 Å². The molecule has 0 saturated carbocycles. The molecule has 110 valence electrons. The van der Waals surface area contributed by atoms with Gasteiger partial charge >= 0.3 is 5.97 Å². The first kappa shape index (κ1) is 14.3. The van der Waals surface area contributed by atoms with Crippen LogP contribution in [0, 0.1) is 0 Å². The van der Waals surface area contributed by atoms with Crippen molar-refractivity contribution in [1.29, 1.82) is 0 Å². The Hall–Kier alpha value is -2.16. The summed E-state index contributed by atoms with van der Waals surface area (Å²) in [6.07, 6.45) is -0.0374. The third-order valence-corrected chi connectivity index (χ3v) is 2.92. The second-order valence-corrected chi connectivity index (χ2v) is 4.25. The molecule has 2 heterocycles. The number of hydrogen-bond donors (Lipinski definition) is 1. The van der Waals surface area contributed by atoms with Crippen LogP contribution in [0.1, 0.15) is 17.6 Å². The van der Waals surface area contributed by atoms with E-state index in [1.165, 1.54) is 7.11 Å². The lowest BCUT2D eigenvalue weighted by Crippen LogP contribution is -2.37. The van der Waals surface area contributed by atoms with E-state index in [2.05, 4.69) is 14.8 Å². The maximum absolute atomic E-state index is 11.9. The summed E-state index contributed by atoms with van der Waals surface area (Å²) >= 11 is 0. The molecule has 0 aliphatic carbocycles. The van der Waals surface area contributed by atoms with Gasteiger partial charge in [0.15, 0.2) is 0 Å². The van der Waals surface area contributed by atoms with E-state index in [0.29, 0.717) is 32.3 Å². The molecule has 9 heteroatoms. The average molecular weight is 283 g/mol. The summed E-state index contributed by atoms with van der Waals surface area (Å²) in [6, 6.07) is 0. The van der Waals surface area contributed by atoms with Crippen molar-refractivity contribution in [3.05, 3.63) is 0 Å². The lowest BCUT2D eigenvalue weighted by Gasteiger charge is -2.25. The van der Waals surface area contributed by atoms with Crippen LogP contribution in [0.5, 0.6) is 0 Å². The van der Waals surface area contributed by atoms with Gasteiger partial charge in [0.05, 0.1) is 26.7 Å². The SMILES string of the molecule is COC(=O)CCC(=O)n1nc(N2CCOCC2)nc1N. The van der Waals surface area contributed by atoms with Crippen molar-refractivity contribution >= 4 is 23.8 Å². The molecule has 1 saturated heterocycles. The van der Waals surface area contributed by atoms with Gasteiger partial charge < -0.3 is 20.1 Å². The van der Waals surface area contributed by atoms with E-state index in [4.69, 9.17) is 10.5 Å². The highest BCUT2D eigenvalue weighted by Crippen LogP contribution is 2.13. The van der Waals surface area contributed by atoms with E-state index in [1.807, 2.05) is 4.90 Å². The molecule has 0 atom stereocenters. The highest BCUT2D eigenvalue weighted by atomic mass is 16.5. The number of nitrogens with zero attached hydrogens (tertiary/aromatic N) is 4. The number of esters is 1. The van der Waals surface area contributed by atoms with Gasteiger partial charge in [0, 0.05) is 19.5 Å². The summed E-state index contributed by atoms with van der Waals surface area (Å²) in [7, 11) is 1.27. The number of carbonyl (C=O) groups excluding carboxylic acids is 2. The summed E-state index contributed by atoms with van der Waals surface area (Å²) in [5, 5.41) is 4.09. The molecule has 2 rings (SSSR count). The predicted molar refractivity (Wildman–Crippen MR) is 69.3 cm³/mol. The predicted octanol–water partition coefficient (Wildman–Crippen LogP) is -0.710. The molecule has 9 nitrogen and oxygen atoms in total. The molecule has 0 radical (unpaired) electrons. The lowest BCUT2D eigenvalue weighted by molar-refractivity contribution is -0.140. The number of methoxy groups -OCH3 is 1. The molecule has 1 aliphatic rings. The minimum atomic E-state index is -0.453. The Kier molecular flexibility index (Phi) is 4.51. The van der Waals surface area contributed by atoms with Crippen LogP contribution in [0.2, 0.25) is 0 Å². The summed E-state index contributed by atoms with van der Waals surface area (Å²) < 4.78 is 10.7. The maximum Gasteiger partial charge on any atom is 0.306 e. The normalized spacial score (nSPS) is 15.2. The van der Waals surface area contributed by atoms with Gasteiger partial charge in [-0.05, 0) is 0 Å². The highest BCUT2D eigenvalue weighted by Gasteiger charge is 2.20. The minimum absolute atomic E-state index is 0.0124. The molecule has 1 fully saturated rings. The van der Waals surface area contributed by atoms with E-state index >= 15 is 0 Å². The fraction of sp³-hybridized carbons (Fsp3) is 0.636. The largest absolute Gasteiger partial charge is 0.469 e. The zero-order valence-electron chi connectivity index (χ0n) is 11.2. The molecule has 2 N–H and O–H groups in total. The Morgan fingerprint density at radius 1 is 1.35 bits per heavy atom. The van der Waals surface area contributed by atoms with Crippen LogP contribution in [-0.2, 0) is 14.3 Å². The van der Waals surface area contributed by atoms with Crippen LogP contribution >= 0.6 is 0 Å². The molecule has 1 aromatic heterocycles. The molecule has 0 unspecified atom stereocenters. The number of nitrogen functional groups attached to an aromatic ring is 1. The highest BCUT2D eigenvalue weighted by molar-refractivity contribution is 5.84. The van der Waals surface area contributed by atoms with Crippen molar-refractivity contribution in [2.45, 2.75) is 12.8 Å². The number of aromatic nitrogens is 3. The first-order chi connectivity index (χ1) is 9.61. The van der Waals surface area contributed by atoms with Gasteiger partial charge in [-0.25, -0.2) is 0 Å². The smallest absolute Gasteiger partial charge is 0.306 e. The van der Waals surface area contributed by atoms with E-state index in [0.717, 1.165) is 4.68 Å². The molecule has 1 aliphatic heterocycles. The van der Waals surface area contributed by atoms with Gasteiger partial charge in [0.1, 0.15) is 0 Å². The molecule has 0 amide bonds. The second kappa shape index (κ2) is 6.33. The second-order valence-electron chi connectivity index (χ2n) is 4.25. The summed E-state index contributed by atoms with van der Waals surface area (Å²) in [5.41, 5.74) is 5.68. The molecule has 0 aromatic carbocycles. The standard InChI is InChI=1S/C11H17N5O4/c1-19-9(18)3-2-8(17)16-10(12)13-11(14-16)15-4-6-20-7-5-15/h2-7H2,1H3,(H2,12,13,14). The first-order valence-electron chi connectivity index (χ1n) is 6.27. The number of morpholine rings is 1. The van der Waals surface area contributed by atoms with Crippen LogP contribution < -0.4 is 10.6 Å². The van der Waals surface area contributed by atoms with Crippen LogP contribution in [-0.4, -0.2) is 60.1 Å². The topological polar surface area (TPSA) is 113 Å². The number of anilines is 2. The Balaban J connectivity index is 2.02. The Morgan fingerprint density at radius 2 is 2.05 bits per heavy atom. The molecule has 0 bridgehead atoms. The van der Waals surface area contributed by atoms with Crippen molar-refractivity contribution in [1.82, 2.24) is 14.8 Å². The monoisotopic (exact) mass is 283 g/mol. The van der Waals surface area contributed by atoms with Crippen LogP contribution in [0.25, 0.3) is 0 Å². The first-order valence-corrected chi connectivity index (χ1v) is 6.27. The fourth-order valence-corrected chi connectivity index (χ4v) is 1.81. The van der Waals surface area contributed by atoms with Crippen molar-refractivity contribution in [2.24, 2.45) is 0 Å². The third-order valence-electron chi connectivity index (χ3n) is 2.92. The van der Waals surface area contributed by atoms with Crippen molar-refractivity contribution in [2.75, 3.05) is 44.0 Å². The van der Waals surface area contributed by atoms with E-state index < -0.39 is 5.97 Å². The Morgan fingerprint density at radius 3 is 2.70 bits per heavy atom. The quantitative estimate of drug-likeness (QED) is 0.721. The van der Waals surface area contributed by atoms with Crippen molar-refractivity contribution in [3.63, 3.8) is 0 Å². The van der Waals surface area contributed by atoms with Crippen LogP contribution in [0.15, 0.2) is 0 Å². The molecule has 20 heavy (non-hydrogen) atoms. The Labute approximate surface area is 115 Å². The zero-order chi connectivity index (χ0) is 14.5. The lowest BCUT2D eigenvalue weighted by atomic mass is 10.3.